The molecule has 2 aromatic rings. The van der Waals surface area contributed by atoms with E-state index >= 15 is 0 Å². The van der Waals surface area contributed by atoms with Gasteiger partial charge >= 0.3 is 7.12 Å². The first-order chi connectivity index (χ1) is 10.6. The van der Waals surface area contributed by atoms with Crippen molar-refractivity contribution in [2.45, 2.75) is 26.2 Å². The summed E-state index contributed by atoms with van der Waals surface area (Å²) in [6.07, 6.45) is 3.42. The lowest BCUT2D eigenvalue weighted by Crippen LogP contribution is -2.32. The lowest BCUT2D eigenvalue weighted by atomic mass is 9.79. The van der Waals surface area contributed by atoms with Gasteiger partial charge in [-0.1, -0.05) is 43.4 Å². The van der Waals surface area contributed by atoms with Crippen LogP contribution >= 0.6 is 0 Å². The van der Waals surface area contributed by atoms with Gasteiger partial charge in [-0.05, 0) is 42.7 Å². The normalized spacial score (nSPS) is 10.0. The number of benzene rings is 2. The Kier molecular flexibility index (Phi) is 5.77. The summed E-state index contributed by atoms with van der Waals surface area (Å²) in [7, 11) is -1.81. The molecule has 0 unspecified atom stereocenters. The first-order valence-electron chi connectivity index (χ1n) is 7.36. The molecule has 0 aliphatic rings. The van der Waals surface area contributed by atoms with Crippen molar-refractivity contribution in [2.75, 3.05) is 0 Å². The molecule has 0 radical (unpaired) electrons. The number of unbranched alkanes of at least 4 members (excludes halogenated alkanes) is 1. The van der Waals surface area contributed by atoms with E-state index in [2.05, 4.69) is 30.9 Å². The molecule has 2 N–H and O–H groups in total. The van der Waals surface area contributed by atoms with Crippen LogP contribution in [0.15, 0.2) is 42.5 Å². The second kappa shape index (κ2) is 7.79. The van der Waals surface area contributed by atoms with Gasteiger partial charge in [-0.15, -0.1) is 0 Å². The third-order valence-corrected chi connectivity index (χ3v) is 3.40. The maximum absolute atomic E-state index is 13.6. The smallest absolute Gasteiger partial charge is 0.423 e. The summed E-state index contributed by atoms with van der Waals surface area (Å²) in [5.41, 5.74) is 2.51. The fourth-order valence-corrected chi connectivity index (χ4v) is 2.09. The van der Waals surface area contributed by atoms with Gasteiger partial charge in [0.25, 0.3) is 0 Å². The van der Waals surface area contributed by atoms with Crippen molar-refractivity contribution < 1.29 is 14.4 Å². The van der Waals surface area contributed by atoms with Gasteiger partial charge in [0.15, 0.2) is 0 Å². The molecule has 0 aliphatic heterocycles. The molecule has 0 amide bonds. The van der Waals surface area contributed by atoms with Gasteiger partial charge in [0.1, 0.15) is 5.82 Å². The molecule has 2 nitrogen and oxygen atoms in total. The fourth-order valence-electron chi connectivity index (χ4n) is 2.09. The van der Waals surface area contributed by atoms with Crippen LogP contribution in [0.5, 0.6) is 0 Å². The maximum Gasteiger partial charge on any atom is 0.491 e. The molecule has 4 heteroatoms. The Bertz CT molecular complexity index is 684. The maximum atomic E-state index is 13.6. The minimum atomic E-state index is -1.81. The quantitative estimate of drug-likeness (QED) is 0.671. The van der Waals surface area contributed by atoms with Crippen LogP contribution < -0.4 is 5.46 Å². The van der Waals surface area contributed by atoms with Crippen molar-refractivity contribution in [3.8, 4) is 11.8 Å². The number of aryl methyl sites for hydroxylation is 1. The first-order valence-corrected chi connectivity index (χ1v) is 7.36. The largest absolute Gasteiger partial charge is 0.491 e. The molecular formula is C18H18BFO2. The minimum absolute atomic E-state index is 0.147. The van der Waals surface area contributed by atoms with Gasteiger partial charge in [-0.2, -0.15) is 0 Å². The van der Waals surface area contributed by atoms with Crippen molar-refractivity contribution in [1.82, 2.24) is 0 Å². The summed E-state index contributed by atoms with van der Waals surface area (Å²) in [4.78, 5) is 0. The molecule has 0 heterocycles. The van der Waals surface area contributed by atoms with Crippen LogP contribution in [0.25, 0.3) is 0 Å². The van der Waals surface area contributed by atoms with Gasteiger partial charge in [-0.25, -0.2) is 4.39 Å². The van der Waals surface area contributed by atoms with Gasteiger partial charge in [0.2, 0.25) is 0 Å². The van der Waals surface area contributed by atoms with Crippen LogP contribution in [0.3, 0.4) is 0 Å². The van der Waals surface area contributed by atoms with Crippen LogP contribution in [0.1, 0.15) is 36.5 Å². The predicted octanol–water partition coefficient (Wildman–Crippen LogP) is 2.25. The van der Waals surface area contributed by atoms with Gasteiger partial charge in [-0.3, -0.25) is 0 Å². The summed E-state index contributed by atoms with van der Waals surface area (Å²) in [5, 5.41) is 17.9. The van der Waals surface area contributed by atoms with E-state index in [1.54, 1.807) is 6.07 Å². The Labute approximate surface area is 130 Å². The lowest BCUT2D eigenvalue weighted by Gasteiger charge is -2.01. The van der Waals surface area contributed by atoms with Crippen molar-refractivity contribution in [2.24, 2.45) is 0 Å². The van der Waals surface area contributed by atoms with Crippen molar-refractivity contribution in [1.29, 1.82) is 0 Å². The molecule has 0 bridgehead atoms. The summed E-state index contributed by atoms with van der Waals surface area (Å²) < 4.78 is 13.6. The second-order valence-electron chi connectivity index (χ2n) is 5.16. The number of hydrogen-bond acceptors (Lipinski definition) is 2. The third kappa shape index (κ3) is 4.46. The molecule has 0 spiro atoms. The average molecular weight is 296 g/mol. The van der Waals surface area contributed by atoms with Crippen LogP contribution in [0.2, 0.25) is 0 Å². The van der Waals surface area contributed by atoms with Crippen molar-refractivity contribution >= 4 is 12.6 Å². The molecule has 2 rings (SSSR count). The zero-order valence-corrected chi connectivity index (χ0v) is 12.5. The second-order valence-corrected chi connectivity index (χ2v) is 5.16. The molecule has 22 heavy (non-hydrogen) atoms. The Morgan fingerprint density at radius 3 is 2.23 bits per heavy atom. The lowest BCUT2D eigenvalue weighted by molar-refractivity contribution is 0.423. The van der Waals surface area contributed by atoms with Crippen molar-refractivity contribution in [3.63, 3.8) is 0 Å². The van der Waals surface area contributed by atoms with E-state index in [-0.39, 0.29) is 5.46 Å². The molecule has 0 aliphatic carbocycles. The zero-order chi connectivity index (χ0) is 15.9. The highest BCUT2D eigenvalue weighted by Crippen LogP contribution is 2.08. The zero-order valence-electron chi connectivity index (χ0n) is 12.5. The molecule has 2 aromatic carbocycles. The van der Waals surface area contributed by atoms with Crippen LogP contribution in [0, 0.1) is 17.7 Å². The van der Waals surface area contributed by atoms with Crippen molar-refractivity contribution in [3.05, 3.63) is 65.0 Å². The summed E-state index contributed by atoms with van der Waals surface area (Å²) in [5.74, 6) is 5.19. The highest BCUT2D eigenvalue weighted by atomic mass is 19.1. The third-order valence-electron chi connectivity index (χ3n) is 3.40. The Morgan fingerprint density at radius 2 is 1.64 bits per heavy atom. The first kappa shape index (κ1) is 16.3. The summed E-state index contributed by atoms with van der Waals surface area (Å²) in [6, 6.07) is 12.1. The van der Waals surface area contributed by atoms with Gasteiger partial charge in [0, 0.05) is 16.6 Å². The summed E-state index contributed by atoms with van der Waals surface area (Å²) in [6.45, 7) is 2.17. The average Bonchev–Trinajstić information content (AvgIpc) is 2.51. The van der Waals surface area contributed by atoms with E-state index in [1.165, 1.54) is 30.5 Å². The highest BCUT2D eigenvalue weighted by Gasteiger charge is 2.15. The van der Waals surface area contributed by atoms with E-state index in [9.17, 15) is 4.39 Å². The van der Waals surface area contributed by atoms with Crippen LogP contribution in [0.4, 0.5) is 4.39 Å². The summed E-state index contributed by atoms with van der Waals surface area (Å²) >= 11 is 0. The number of halogens is 1. The van der Waals surface area contributed by atoms with E-state index in [0.717, 1.165) is 12.0 Å². The molecule has 0 aromatic heterocycles. The molecule has 0 saturated carbocycles. The van der Waals surface area contributed by atoms with E-state index in [1.807, 2.05) is 12.1 Å². The molecule has 112 valence electrons. The number of hydrogen-bond donors (Lipinski definition) is 2. The fraction of sp³-hybridized carbons (Fsp3) is 0.222. The standard InChI is InChI=1S/C18H18BFO2/c1-2-3-4-14-5-7-15(8-6-14)9-10-16-11-12-17(19(21)22)18(20)13-16/h5-8,11-13,21-22H,2-4H2,1H3. The minimum Gasteiger partial charge on any atom is -0.423 e. The number of rotatable bonds is 4. The van der Waals surface area contributed by atoms with Crippen LogP contribution in [-0.2, 0) is 6.42 Å². The molecule has 0 fully saturated rings. The van der Waals surface area contributed by atoms with E-state index in [4.69, 9.17) is 10.0 Å². The Hall–Kier alpha value is -2.09. The Balaban J connectivity index is 2.11. The van der Waals surface area contributed by atoms with E-state index < -0.39 is 12.9 Å². The van der Waals surface area contributed by atoms with Crippen LogP contribution in [-0.4, -0.2) is 17.2 Å². The monoisotopic (exact) mass is 296 g/mol. The Morgan fingerprint density at radius 1 is 1.00 bits per heavy atom. The van der Waals surface area contributed by atoms with Gasteiger partial charge in [0.05, 0.1) is 0 Å². The SMILES string of the molecule is CCCCc1ccc(C#Cc2ccc(B(O)O)c(F)c2)cc1. The topological polar surface area (TPSA) is 40.5 Å². The predicted molar refractivity (Wildman–Crippen MR) is 87.3 cm³/mol. The molecule has 0 atom stereocenters. The van der Waals surface area contributed by atoms with E-state index in [0.29, 0.717) is 5.56 Å². The highest BCUT2D eigenvalue weighted by molar-refractivity contribution is 6.58. The molecular weight excluding hydrogens is 278 g/mol. The van der Waals surface area contributed by atoms with Gasteiger partial charge < -0.3 is 10.0 Å². The molecule has 0 saturated heterocycles.